The van der Waals surface area contributed by atoms with E-state index in [4.69, 9.17) is 4.74 Å². The molecule has 2 heterocycles. The Kier molecular flexibility index (Phi) is 3.38. The van der Waals surface area contributed by atoms with Crippen molar-refractivity contribution in [1.82, 2.24) is 10.2 Å². The normalized spacial score (nSPS) is 29.8. The molecule has 2 saturated heterocycles. The van der Waals surface area contributed by atoms with Crippen LogP contribution < -0.4 is 5.32 Å². The van der Waals surface area contributed by atoms with E-state index in [1.807, 2.05) is 18.7 Å². The zero-order chi connectivity index (χ0) is 12.5. The highest BCUT2D eigenvalue weighted by Gasteiger charge is 2.35. The lowest BCUT2D eigenvalue weighted by Crippen LogP contribution is -2.49. The monoisotopic (exact) mass is 240 g/mol. The zero-order valence-corrected chi connectivity index (χ0v) is 10.5. The smallest absolute Gasteiger partial charge is 0.242 e. The van der Waals surface area contributed by atoms with Crippen molar-refractivity contribution < 1.29 is 14.3 Å². The molecule has 1 unspecified atom stereocenters. The third-order valence-electron chi connectivity index (χ3n) is 3.45. The summed E-state index contributed by atoms with van der Waals surface area (Å²) in [5.41, 5.74) is -0.174. The first-order valence-electron chi connectivity index (χ1n) is 6.18. The number of nitrogens with zero attached hydrogens (tertiary/aromatic N) is 1. The van der Waals surface area contributed by atoms with Crippen LogP contribution in [0.5, 0.6) is 0 Å². The van der Waals surface area contributed by atoms with Gasteiger partial charge in [0.15, 0.2) is 0 Å². The van der Waals surface area contributed by atoms with Crippen molar-refractivity contribution in [2.45, 2.75) is 44.8 Å². The van der Waals surface area contributed by atoms with Crippen molar-refractivity contribution >= 4 is 11.8 Å². The van der Waals surface area contributed by atoms with E-state index in [9.17, 15) is 9.59 Å². The Bertz CT molecular complexity index is 328. The summed E-state index contributed by atoms with van der Waals surface area (Å²) < 4.78 is 5.65. The molecule has 0 aromatic carbocycles. The van der Waals surface area contributed by atoms with E-state index in [1.165, 1.54) is 0 Å². The summed E-state index contributed by atoms with van der Waals surface area (Å²) in [6.45, 7) is 5.45. The minimum atomic E-state index is -0.174. The van der Waals surface area contributed by atoms with Crippen LogP contribution in [-0.4, -0.2) is 48.1 Å². The molecule has 0 radical (unpaired) electrons. The first-order valence-corrected chi connectivity index (χ1v) is 6.18. The lowest BCUT2D eigenvalue weighted by atomic mass is 9.92. The van der Waals surface area contributed by atoms with Gasteiger partial charge in [0.2, 0.25) is 11.8 Å². The molecule has 2 amide bonds. The first kappa shape index (κ1) is 12.4. The van der Waals surface area contributed by atoms with Crippen molar-refractivity contribution in [3.8, 4) is 0 Å². The Hall–Kier alpha value is -1.10. The van der Waals surface area contributed by atoms with Gasteiger partial charge in [-0.2, -0.15) is 0 Å². The lowest BCUT2D eigenvalue weighted by molar-refractivity contribution is -0.138. The molecule has 2 rings (SSSR count). The van der Waals surface area contributed by atoms with Crippen molar-refractivity contribution in [1.29, 1.82) is 0 Å². The molecule has 0 bridgehead atoms. The summed E-state index contributed by atoms with van der Waals surface area (Å²) in [4.78, 5) is 25.1. The van der Waals surface area contributed by atoms with Gasteiger partial charge >= 0.3 is 0 Å². The van der Waals surface area contributed by atoms with Crippen molar-refractivity contribution in [3.63, 3.8) is 0 Å². The van der Waals surface area contributed by atoms with Gasteiger partial charge in [-0.3, -0.25) is 9.59 Å². The van der Waals surface area contributed by atoms with E-state index < -0.39 is 0 Å². The fourth-order valence-electron chi connectivity index (χ4n) is 2.56. The lowest BCUT2D eigenvalue weighted by Gasteiger charge is -2.40. The number of rotatable bonds is 1. The third-order valence-corrected chi connectivity index (χ3v) is 3.45. The van der Waals surface area contributed by atoms with Crippen LogP contribution in [0.2, 0.25) is 0 Å². The van der Waals surface area contributed by atoms with Gasteiger partial charge in [0, 0.05) is 25.6 Å². The second-order valence-corrected chi connectivity index (χ2v) is 5.37. The molecule has 0 aromatic heterocycles. The minimum Gasteiger partial charge on any atom is -0.375 e. The first-order chi connectivity index (χ1) is 7.98. The maximum absolute atomic E-state index is 11.9. The van der Waals surface area contributed by atoms with E-state index in [1.54, 1.807) is 0 Å². The van der Waals surface area contributed by atoms with Crippen LogP contribution >= 0.6 is 0 Å². The molecule has 5 nitrogen and oxygen atoms in total. The SMILES string of the molecule is CC1(C)CC(N2CCC(=O)NCC2=O)CCO1. The second-order valence-electron chi connectivity index (χ2n) is 5.37. The molecule has 0 spiro atoms. The van der Waals surface area contributed by atoms with E-state index in [2.05, 4.69) is 5.32 Å². The summed E-state index contributed by atoms with van der Waals surface area (Å²) >= 11 is 0. The second kappa shape index (κ2) is 4.64. The van der Waals surface area contributed by atoms with Crippen LogP contribution in [-0.2, 0) is 14.3 Å². The average Bonchev–Trinajstić information content (AvgIpc) is 2.40. The highest BCUT2D eigenvalue weighted by atomic mass is 16.5. The van der Waals surface area contributed by atoms with E-state index in [0.29, 0.717) is 19.6 Å². The molecule has 0 saturated carbocycles. The average molecular weight is 240 g/mol. The van der Waals surface area contributed by atoms with E-state index in [-0.39, 0.29) is 30.0 Å². The molecule has 1 N–H and O–H groups in total. The van der Waals surface area contributed by atoms with Crippen LogP contribution in [0.25, 0.3) is 0 Å². The highest BCUT2D eigenvalue weighted by Crippen LogP contribution is 2.27. The number of carbonyl (C=O) groups is 2. The summed E-state index contributed by atoms with van der Waals surface area (Å²) in [7, 11) is 0. The molecule has 2 aliphatic rings. The van der Waals surface area contributed by atoms with E-state index >= 15 is 0 Å². The molecule has 2 aliphatic heterocycles. The van der Waals surface area contributed by atoms with Gasteiger partial charge in [0.25, 0.3) is 0 Å². The number of nitrogens with one attached hydrogen (secondary N) is 1. The van der Waals surface area contributed by atoms with Crippen molar-refractivity contribution in [3.05, 3.63) is 0 Å². The Labute approximate surface area is 101 Å². The summed E-state index contributed by atoms with van der Waals surface area (Å²) in [5, 5.41) is 2.62. The summed E-state index contributed by atoms with van der Waals surface area (Å²) in [6.07, 6.45) is 2.11. The van der Waals surface area contributed by atoms with Gasteiger partial charge in [-0.15, -0.1) is 0 Å². The molecule has 2 fully saturated rings. The predicted octanol–water partition coefficient (Wildman–Crippen LogP) is 0.293. The number of ether oxygens (including phenoxy) is 1. The van der Waals surface area contributed by atoms with Gasteiger partial charge in [-0.05, 0) is 26.7 Å². The highest BCUT2D eigenvalue weighted by molar-refractivity contribution is 5.87. The molecule has 96 valence electrons. The number of hydrogen-bond donors (Lipinski definition) is 1. The number of hydrogen-bond acceptors (Lipinski definition) is 3. The topological polar surface area (TPSA) is 58.6 Å². The van der Waals surface area contributed by atoms with Crippen LogP contribution in [0.1, 0.15) is 33.1 Å². The summed E-state index contributed by atoms with van der Waals surface area (Å²) in [6, 6.07) is 0.207. The predicted molar refractivity (Wildman–Crippen MR) is 62.4 cm³/mol. The largest absolute Gasteiger partial charge is 0.375 e. The maximum Gasteiger partial charge on any atom is 0.242 e. The van der Waals surface area contributed by atoms with Crippen LogP contribution in [0, 0.1) is 0 Å². The van der Waals surface area contributed by atoms with Gasteiger partial charge < -0.3 is 15.0 Å². The van der Waals surface area contributed by atoms with Gasteiger partial charge in [0.05, 0.1) is 12.1 Å². The molecule has 0 aromatic rings. The van der Waals surface area contributed by atoms with Crippen LogP contribution in [0.4, 0.5) is 0 Å². The molecule has 1 atom stereocenters. The van der Waals surface area contributed by atoms with Crippen LogP contribution in [0.15, 0.2) is 0 Å². The molecular formula is C12H20N2O3. The quantitative estimate of drug-likeness (QED) is 0.717. The number of amides is 2. The van der Waals surface area contributed by atoms with Crippen molar-refractivity contribution in [2.24, 2.45) is 0 Å². The Balaban J connectivity index is 2.04. The van der Waals surface area contributed by atoms with Gasteiger partial charge in [-0.25, -0.2) is 0 Å². The van der Waals surface area contributed by atoms with Crippen molar-refractivity contribution in [2.75, 3.05) is 19.7 Å². The van der Waals surface area contributed by atoms with E-state index in [0.717, 1.165) is 12.8 Å². The minimum absolute atomic E-state index is 0.0264. The molecular weight excluding hydrogens is 220 g/mol. The fourth-order valence-corrected chi connectivity index (χ4v) is 2.56. The molecule has 5 heteroatoms. The third kappa shape index (κ3) is 2.97. The van der Waals surface area contributed by atoms with Gasteiger partial charge in [0.1, 0.15) is 0 Å². The molecule has 0 aliphatic carbocycles. The summed E-state index contributed by atoms with van der Waals surface area (Å²) in [5.74, 6) is -0.00859. The Morgan fingerprint density at radius 2 is 2.18 bits per heavy atom. The Morgan fingerprint density at radius 1 is 1.41 bits per heavy atom. The van der Waals surface area contributed by atoms with Crippen LogP contribution in [0.3, 0.4) is 0 Å². The Morgan fingerprint density at radius 3 is 2.88 bits per heavy atom. The fraction of sp³-hybridized carbons (Fsp3) is 0.833. The maximum atomic E-state index is 11.9. The number of carbonyl (C=O) groups excluding carboxylic acids is 2. The molecule has 17 heavy (non-hydrogen) atoms. The standard InChI is InChI=1S/C12H20N2O3/c1-12(2)7-9(4-6-17-12)14-5-3-10(15)13-8-11(14)16/h9H,3-8H2,1-2H3,(H,13,15). The zero-order valence-electron chi connectivity index (χ0n) is 10.5. The van der Waals surface area contributed by atoms with Gasteiger partial charge in [-0.1, -0.05) is 0 Å².